The Kier molecular flexibility index (Phi) is 8.11. The van der Waals surface area contributed by atoms with Crippen molar-refractivity contribution in [1.29, 1.82) is 0 Å². The summed E-state index contributed by atoms with van der Waals surface area (Å²) in [6, 6.07) is 0. The van der Waals surface area contributed by atoms with E-state index in [4.69, 9.17) is 9.84 Å². The third kappa shape index (κ3) is 6.50. The van der Waals surface area contributed by atoms with Crippen LogP contribution in [0.25, 0.3) is 0 Å². The molecule has 1 rings (SSSR count). The average molecular weight is 344 g/mol. The Morgan fingerprint density at radius 1 is 1.28 bits per heavy atom. The first-order valence-corrected chi connectivity index (χ1v) is 8.94. The van der Waals surface area contributed by atoms with Crippen LogP contribution in [-0.2, 0) is 9.53 Å². The van der Waals surface area contributed by atoms with Gasteiger partial charge in [0.05, 0.1) is 6.10 Å². The lowest BCUT2D eigenvalue weighted by atomic mass is 9.70. The SMILES string of the molecule is CCOC1CCC(C)=C(/C=C/C(C)=C/C=C/C(C)=C/C(=O)O)C1(C)C. The Bertz CT molecular complexity index is 628. The molecule has 0 spiro atoms. The van der Waals surface area contributed by atoms with Crippen molar-refractivity contribution in [1.82, 2.24) is 0 Å². The van der Waals surface area contributed by atoms with Crippen LogP contribution in [-0.4, -0.2) is 23.8 Å². The van der Waals surface area contributed by atoms with E-state index in [9.17, 15) is 4.79 Å². The molecule has 1 aliphatic carbocycles. The van der Waals surface area contributed by atoms with Gasteiger partial charge in [0.15, 0.2) is 0 Å². The molecule has 0 saturated heterocycles. The van der Waals surface area contributed by atoms with Crippen LogP contribution in [0.2, 0.25) is 0 Å². The zero-order chi connectivity index (χ0) is 19.0. The second-order valence-corrected chi connectivity index (χ2v) is 7.23. The van der Waals surface area contributed by atoms with E-state index in [-0.39, 0.29) is 11.5 Å². The number of carboxylic acids is 1. The number of allylic oxidation sites excluding steroid dienone is 8. The zero-order valence-corrected chi connectivity index (χ0v) is 16.4. The van der Waals surface area contributed by atoms with E-state index in [0.717, 1.165) is 25.0 Å². The number of rotatable bonds is 7. The third-order valence-corrected chi connectivity index (χ3v) is 4.69. The molecule has 0 bridgehead atoms. The predicted octanol–water partition coefficient (Wildman–Crippen LogP) is 5.62. The summed E-state index contributed by atoms with van der Waals surface area (Å²) in [6.45, 7) is 13.3. The summed E-state index contributed by atoms with van der Waals surface area (Å²) in [5.41, 5.74) is 4.63. The summed E-state index contributed by atoms with van der Waals surface area (Å²) in [5.74, 6) is -0.923. The van der Waals surface area contributed by atoms with Gasteiger partial charge < -0.3 is 9.84 Å². The highest BCUT2D eigenvalue weighted by molar-refractivity contribution is 5.81. The molecule has 0 saturated carbocycles. The van der Waals surface area contributed by atoms with E-state index in [1.54, 1.807) is 13.0 Å². The second kappa shape index (κ2) is 9.57. The minimum atomic E-state index is -0.923. The highest BCUT2D eigenvalue weighted by Gasteiger charge is 2.36. The topological polar surface area (TPSA) is 46.5 Å². The van der Waals surface area contributed by atoms with E-state index in [2.05, 4.69) is 39.8 Å². The molecule has 3 nitrogen and oxygen atoms in total. The van der Waals surface area contributed by atoms with Gasteiger partial charge in [-0.05, 0) is 51.7 Å². The molecule has 1 atom stereocenters. The molecule has 1 aliphatic rings. The van der Waals surface area contributed by atoms with Crippen molar-refractivity contribution in [3.05, 3.63) is 58.7 Å². The molecule has 1 N–H and O–H groups in total. The van der Waals surface area contributed by atoms with Crippen molar-refractivity contribution in [3.63, 3.8) is 0 Å². The lowest BCUT2D eigenvalue weighted by Crippen LogP contribution is -2.36. The number of carboxylic acid groups (broad SMARTS) is 1. The number of carbonyl (C=O) groups is 1. The van der Waals surface area contributed by atoms with Gasteiger partial charge in [-0.25, -0.2) is 4.79 Å². The molecular formula is C22H32O3. The number of hydrogen-bond donors (Lipinski definition) is 1. The molecule has 25 heavy (non-hydrogen) atoms. The van der Waals surface area contributed by atoms with Crippen molar-refractivity contribution < 1.29 is 14.6 Å². The van der Waals surface area contributed by atoms with Crippen LogP contribution in [0, 0.1) is 5.41 Å². The maximum atomic E-state index is 10.6. The zero-order valence-electron chi connectivity index (χ0n) is 16.4. The largest absolute Gasteiger partial charge is 0.478 e. The minimum Gasteiger partial charge on any atom is -0.478 e. The van der Waals surface area contributed by atoms with Crippen LogP contribution in [0.4, 0.5) is 0 Å². The van der Waals surface area contributed by atoms with E-state index in [1.165, 1.54) is 17.2 Å². The Labute approximate surface area is 152 Å². The average Bonchev–Trinajstić information content (AvgIpc) is 2.49. The Balaban J connectivity index is 2.89. The van der Waals surface area contributed by atoms with Gasteiger partial charge in [-0.2, -0.15) is 0 Å². The second-order valence-electron chi connectivity index (χ2n) is 7.23. The smallest absolute Gasteiger partial charge is 0.328 e. The van der Waals surface area contributed by atoms with Crippen molar-refractivity contribution in [2.75, 3.05) is 6.61 Å². The highest BCUT2D eigenvalue weighted by Crippen LogP contribution is 2.42. The van der Waals surface area contributed by atoms with Crippen molar-refractivity contribution in [2.45, 2.75) is 60.5 Å². The lowest BCUT2D eigenvalue weighted by Gasteiger charge is -2.40. The fraction of sp³-hybridized carbons (Fsp3) is 0.500. The standard InChI is InChI=1S/C22H32O3/c1-7-25-20-14-12-18(4)19(22(20,5)6)13-11-16(2)9-8-10-17(3)15-21(23)24/h8-11,13,15,20H,7,12,14H2,1-6H3,(H,23,24)/b10-8+,13-11+,16-9+,17-15+. The summed E-state index contributed by atoms with van der Waals surface area (Å²) in [4.78, 5) is 10.6. The van der Waals surface area contributed by atoms with Gasteiger partial charge >= 0.3 is 5.97 Å². The maximum Gasteiger partial charge on any atom is 0.328 e. The molecule has 1 unspecified atom stereocenters. The van der Waals surface area contributed by atoms with Gasteiger partial charge in [0.25, 0.3) is 0 Å². The molecule has 0 aliphatic heterocycles. The van der Waals surface area contributed by atoms with E-state index in [1.807, 2.05) is 19.1 Å². The molecule has 0 fully saturated rings. The lowest BCUT2D eigenvalue weighted by molar-refractivity contribution is -0.131. The summed E-state index contributed by atoms with van der Waals surface area (Å²) < 4.78 is 5.96. The number of aliphatic carboxylic acids is 1. The molecule has 0 aromatic heterocycles. The van der Waals surface area contributed by atoms with Crippen LogP contribution >= 0.6 is 0 Å². The molecule has 3 heteroatoms. The number of hydrogen-bond acceptors (Lipinski definition) is 2. The first-order valence-electron chi connectivity index (χ1n) is 8.94. The third-order valence-electron chi connectivity index (χ3n) is 4.69. The Morgan fingerprint density at radius 2 is 1.96 bits per heavy atom. The van der Waals surface area contributed by atoms with Crippen LogP contribution in [0.3, 0.4) is 0 Å². The van der Waals surface area contributed by atoms with E-state index < -0.39 is 5.97 Å². The molecule has 0 aromatic carbocycles. The van der Waals surface area contributed by atoms with Crippen LogP contribution in [0.15, 0.2) is 58.7 Å². The molecule has 0 heterocycles. The summed E-state index contributed by atoms with van der Waals surface area (Å²) in [5, 5.41) is 8.70. The van der Waals surface area contributed by atoms with Gasteiger partial charge in [0.1, 0.15) is 0 Å². The van der Waals surface area contributed by atoms with Crippen LogP contribution in [0.5, 0.6) is 0 Å². The number of ether oxygens (including phenoxy) is 1. The first kappa shape index (κ1) is 21.2. The van der Waals surface area contributed by atoms with Gasteiger partial charge in [0, 0.05) is 18.1 Å². The molecular weight excluding hydrogens is 312 g/mol. The molecule has 0 amide bonds. The summed E-state index contributed by atoms with van der Waals surface area (Å²) >= 11 is 0. The Morgan fingerprint density at radius 3 is 2.56 bits per heavy atom. The van der Waals surface area contributed by atoms with Crippen LogP contribution in [0.1, 0.15) is 54.4 Å². The van der Waals surface area contributed by atoms with Gasteiger partial charge in [0.2, 0.25) is 0 Å². The van der Waals surface area contributed by atoms with Gasteiger partial charge in [-0.15, -0.1) is 0 Å². The Hall–Kier alpha value is -1.87. The molecule has 0 radical (unpaired) electrons. The fourth-order valence-electron chi connectivity index (χ4n) is 3.28. The molecule has 138 valence electrons. The van der Waals surface area contributed by atoms with Gasteiger partial charge in [-0.1, -0.05) is 55.4 Å². The van der Waals surface area contributed by atoms with Gasteiger partial charge in [-0.3, -0.25) is 0 Å². The maximum absolute atomic E-state index is 10.6. The first-order chi connectivity index (χ1) is 11.7. The molecule has 0 aromatic rings. The minimum absolute atomic E-state index is 0.00573. The van der Waals surface area contributed by atoms with E-state index in [0.29, 0.717) is 5.57 Å². The van der Waals surface area contributed by atoms with Crippen molar-refractivity contribution >= 4 is 5.97 Å². The summed E-state index contributed by atoms with van der Waals surface area (Å²) in [6.07, 6.45) is 13.6. The highest BCUT2D eigenvalue weighted by atomic mass is 16.5. The van der Waals surface area contributed by atoms with Crippen LogP contribution < -0.4 is 0 Å². The quantitative estimate of drug-likeness (QED) is 0.482. The van der Waals surface area contributed by atoms with E-state index >= 15 is 0 Å². The van der Waals surface area contributed by atoms with Crippen molar-refractivity contribution in [2.24, 2.45) is 5.41 Å². The monoisotopic (exact) mass is 344 g/mol. The predicted molar refractivity (Wildman–Crippen MR) is 105 cm³/mol. The fourth-order valence-corrected chi connectivity index (χ4v) is 3.28. The van der Waals surface area contributed by atoms with Crippen molar-refractivity contribution in [3.8, 4) is 0 Å². The summed E-state index contributed by atoms with van der Waals surface area (Å²) in [7, 11) is 0. The normalized spacial score (nSPS) is 22.2.